The molecule has 10 heteroatoms. The van der Waals surface area contributed by atoms with Crippen LogP contribution in [0.5, 0.6) is 0 Å². The number of rotatable bonds is 8. The van der Waals surface area contributed by atoms with Gasteiger partial charge in [-0.15, -0.1) is 0 Å². The maximum absolute atomic E-state index is 12.6. The molecule has 0 N–H and O–H groups in total. The van der Waals surface area contributed by atoms with Gasteiger partial charge in [0.1, 0.15) is 5.60 Å². The van der Waals surface area contributed by atoms with Gasteiger partial charge in [-0.25, -0.2) is 8.98 Å². The van der Waals surface area contributed by atoms with Crippen LogP contribution in [0.4, 0.5) is 5.69 Å². The van der Waals surface area contributed by atoms with E-state index in [-0.39, 0.29) is 12.1 Å². The Morgan fingerprint density at radius 2 is 1.63 bits per heavy atom. The minimum atomic E-state index is -4.57. The standard InChI is InChI=1S/C17H23NO8S/c1-6-7-14(19)17(5,15(20)25-16(2,3)4)26-27(23,24)13-10-8-12(9-11-13)18(21)22/h8-11H,6-7H2,1-5H3. The number of carbonyl (C=O) groups is 2. The van der Waals surface area contributed by atoms with E-state index in [1.807, 2.05) is 0 Å². The zero-order valence-electron chi connectivity index (χ0n) is 15.8. The Morgan fingerprint density at radius 3 is 2.04 bits per heavy atom. The Balaban J connectivity index is 3.28. The van der Waals surface area contributed by atoms with Gasteiger partial charge in [0.2, 0.25) is 5.60 Å². The Labute approximate surface area is 157 Å². The molecule has 0 radical (unpaired) electrons. The summed E-state index contributed by atoms with van der Waals surface area (Å²) in [4.78, 5) is 34.6. The second kappa shape index (κ2) is 8.13. The molecule has 0 spiro atoms. The van der Waals surface area contributed by atoms with Gasteiger partial charge in [-0.1, -0.05) is 6.92 Å². The fourth-order valence-electron chi connectivity index (χ4n) is 2.04. The van der Waals surface area contributed by atoms with E-state index in [0.29, 0.717) is 6.42 Å². The largest absolute Gasteiger partial charge is 0.457 e. The van der Waals surface area contributed by atoms with Gasteiger partial charge in [-0.05, 0) is 46.2 Å². The summed E-state index contributed by atoms with van der Waals surface area (Å²) in [7, 11) is -4.57. The van der Waals surface area contributed by atoms with Crippen molar-refractivity contribution in [1.29, 1.82) is 0 Å². The van der Waals surface area contributed by atoms with Crippen molar-refractivity contribution in [2.75, 3.05) is 0 Å². The van der Waals surface area contributed by atoms with Crippen LogP contribution in [0.3, 0.4) is 0 Å². The number of benzene rings is 1. The lowest BCUT2D eigenvalue weighted by molar-refractivity contribution is -0.384. The first-order valence-corrected chi connectivity index (χ1v) is 9.60. The van der Waals surface area contributed by atoms with E-state index in [1.165, 1.54) is 0 Å². The molecule has 9 nitrogen and oxygen atoms in total. The fraction of sp³-hybridized carbons (Fsp3) is 0.529. The topological polar surface area (TPSA) is 130 Å². The molecule has 0 saturated heterocycles. The quantitative estimate of drug-likeness (QED) is 0.214. The maximum Gasteiger partial charge on any atom is 0.348 e. The molecule has 1 atom stereocenters. The molecule has 0 aromatic heterocycles. The van der Waals surface area contributed by atoms with Gasteiger partial charge < -0.3 is 4.74 Å². The molecule has 0 saturated carbocycles. The highest BCUT2D eigenvalue weighted by molar-refractivity contribution is 7.86. The van der Waals surface area contributed by atoms with Crippen LogP contribution in [0.15, 0.2) is 29.2 Å². The molecule has 0 aliphatic rings. The number of nitro groups is 1. The molecule has 1 unspecified atom stereocenters. The van der Waals surface area contributed by atoms with Gasteiger partial charge in [-0.2, -0.15) is 8.42 Å². The molecule has 1 aromatic rings. The molecule has 0 fully saturated rings. The molecule has 0 amide bonds. The third-order valence-corrected chi connectivity index (χ3v) is 4.81. The van der Waals surface area contributed by atoms with Crippen molar-refractivity contribution in [3.8, 4) is 0 Å². The molecule has 150 valence electrons. The van der Waals surface area contributed by atoms with Crippen LogP contribution in [0.1, 0.15) is 47.5 Å². The highest BCUT2D eigenvalue weighted by Gasteiger charge is 2.48. The molecule has 1 rings (SSSR count). The number of hydrogen-bond acceptors (Lipinski definition) is 8. The van der Waals surface area contributed by atoms with E-state index in [2.05, 4.69) is 0 Å². The predicted molar refractivity (Wildman–Crippen MR) is 95.5 cm³/mol. The minimum Gasteiger partial charge on any atom is -0.457 e. The minimum absolute atomic E-state index is 0.0917. The van der Waals surface area contributed by atoms with Crippen molar-refractivity contribution in [1.82, 2.24) is 0 Å². The average Bonchev–Trinajstić information content (AvgIpc) is 2.53. The number of esters is 1. The first kappa shape index (κ1) is 22.7. The zero-order valence-corrected chi connectivity index (χ0v) is 16.7. The Hall–Kier alpha value is -2.33. The van der Waals surface area contributed by atoms with E-state index in [9.17, 15) is 28.1 Å². The summed E-state index contributed by atoms with van der Waals surface area (Å²) < 4.78 is 35.3. The van der Waals surface area contributed by atoms with E-state index in [4.69, 9.17) is 8.92 Å². The second-order valence-electron chi connectivity index (χ2n) is 7.00. The van der Waals surface area contributed by atoms with Gasteiger partial charge >= 0.3 is 5.97 Å². The fourth-order valence-corrected chi connectivity index (χ4v) is 3.20. The van der Waals surface area contributed by atoms with E-state index in [0.717, 1.165) is 31.2 Å². The van der Waals surface area contributed by atoms with Crippen LogP contribution in [0.25, 0.3) is 0 Å². The number of Topliss-reactive ketones (excluding diaryl/α,β-unsaturated/α-hetero) is 1. The summed E-state index contributed by atoms with van der Waals surface area (Å²) in [5, 5.41) is 10.7. The van der Waals surface area contributed by atoms with Gasteiger partial charge in [0.15, 0.2) is 5.78 Å². The summed E-state index contributed by atoms with van der Waals surface area (Å²) in [6.07, 6.45) is 0.281. The van der Waals surface area contributed by atoms with Crippen LogP contribution < -0.4 is 0 Å². The average molecular weight is 401 g/mol. The molecule has 0 heterocycles. The van der Waals surface area contributed by atoms with Crippen LogP contribution in [-0.4, -0.2) is 36.3 Å². The maximum atomic E-state index is 12.6. The monoisotopic (exact) mass is 401 g/mol. The third-order valence-electron chi connectivity index (χ3n) is 3.41. The summed E-state index contributed by atoms with van der Waals surface area (Å²) in [5.41, 5.74) is -3.65. The lowest BCUT2D eigenvalue weighted by atomic mass is 9.97. The highest BCUT2D eigenvalue weighted by Crippen LogP contribution is 2.27. The van der Waals surface area contributed by atoms with Gasteiger partial charge in [0, 0.05) is 18.6 Å². The number of nitro benzene ring substituents is 1. The molecule has 0 aliphatic carbocycles. The van der Waals surface area contributed by atoms with Gasteiger partial charge in [0.05, 0.1) is 9.82 Å². The smallest absolute Gasteiger partial charge is 0.348 e. The van der Waals surface area contributed by atoms with Crippen molar-refractivity contribution >= 4 is 27.6 Å². The molecule has 0 aliphatic heterocycles. The number of non-ortho nitro benzene ring substituents is 1. The number of hydrogen-bond donors (Lipinski definition) is 0. The number of ether oxygens (including phenoxy) is 1. The van der Waals surface area contributed by atoms with Crippen LogP contribution >= 0.6 is 0 Å². The van der Waals surface area contributed by atoms with Gasteiger partial charge in [-0.3, -0.25) is 14.9 Å². The summed E-state index contributed by atoms with van der Waals surface area (Å²) in [5.74, 6) is -1.87. The Morgan fingerprint density at radius 1 is 1.11 bits per heavy atom. The molecular formula is C17H23NO8S. The number of carbonyl (C=O) groups excluding carboxylic acids is 2. The lowest BCUT2D eigenvalue weighted by Gasteiger charge is -2.29. The molecule has 1 aromatic carbocycles. The SMILES string of the molecule is CCCC(=O)C(C)(OS(=O)(=O)c1ccc([N+](=O)[O-])cc1)C(=O)OC(C)(C)C. The molecule has 27 heavy (non-hydrogen) atoms. The van der Waals surface area contributed by atoms with Crippen molar-refractivity contribution in [2.45, 2.75) is 63.6 Å². The van der Waals surface area contributed by atoms with Crippen LogP contribution in [0.2, 0.25) is 0 Å². The van der Waals surface area contributed by atoms with Gasteiger partial charge in [0.25, 0.3) is 15.8 Å². The summed E-state index contributed by atoms with van der Waals surface area (Å²) in [6.45, 7) is 7.45. The van der Waals surface area contributed by atoms with E-state index in [1.54, 1.807) is 27.7 Å². The zero-order chi connectivity index (χ0) is 21.0. The van der Waals surface area contributed by atoms with Crippen molar-refractivity contribution in [3.05, 3.63) is 34.4 Å². The van der Waals surface area contributed by atoms with Crippen LogP contribution in [-0.2, 0) is 28.6 Å². The summed E-state index contributed by atoms with van der Waals surface area (Å²) in [6, 6.07) is 3.89. The molecular weight excluding hydrogens is 378 g/mol. The predicted octanol–water partition coefficient (Wildman–Crippen LogP) is 2.77. The number of ketones is 1. The van der Waals surface area contributed by atoms with Crippen molar-refractivity contribution in [2.24, 2.45) is 0 Å². The lowest BCUT2D eigenvalue weighted by Crippen LogP contribution is -2.50. The first-order chi connectivity index (χ1) is 12.2. The first-order valence-electron chi connectivity index (χ1n) is 8.20. The number of nitrogens with zero attached hydrogens (tertiary/aromatic N) is 1. The highest BCUT2D eigenvalue weighted by atomic mass is 32.2. The van der Waals surface area contributed by atoms with Crippen molar-refractivity contribution < 1.29 is 31.9 Å². The normalized spacial score (nSPS) is 14.3. The van der Waals surface area contributed by atoms with E-state index >= 15 is 0 Å². The molecule has 0 bridgehead atoms. The third kappa shape index (κ3) is 5.83. The summed E-state index contributed by atoms with van der Waals surface area (Å²) >= 11 is 0. The second-order valence-corrected chi connectivity index (χ2v) is 8.54. The Kier molecular flexibility index (Phi) is 6.84. The Bertz CT molecular complexity index is 823. The van der Waals surface area contributed by atoms with E-state index < -0.39 is 42.9 Å². The van der Waals surface area contributed by atoms with Crippen LogP contribution in [0, 0.1) is 10.1 Å². The van der Waals surface area contributed by atoms with Crippen molar-refractivity contribution in [3.63, 3.8) is 0 Å².